The Morgan fingerprint density at radius 2 is 1.89 bits per heavy atom. The standard InChI is InChI=1S/C28H32F3N3O3/c1-18-17-33-25-4-3-22(37-2)16-23(25)26(18)24(31)5-6-28(27(35)36)7-10-34(11-8-28)12-9-32-21-14-19(29)13-20(30)15-21/h3-4,13-17,24,32H,5-12H2,1-2H3,(H,35,36). The maximum Gasteiger partial charge on any atom is 0.309 e. The molecule has 9 heteroatoms. The molecule has 2 N–H and O–H groups in total. The fraction of sp³-hybridized carbons (Fsp3) is 0.429. The van der Waals surface area contributed by atoms with Crippen molar-refractivity contribution in [3.63, 3.8) is 0 Å². The van der Waals surface area contributed by atoms with Gasteiger partial charge in [0, 0.05) is 36.4 Å². The van der Waals surface area contributed by atoms with Gasteiger partial charge in [0.25, 0.3) is 0 Å². The zero-order chi connectivity index (χ0) is 26.6. The normalized spacial score (nSPS) is 16.5. The molecule has 4 rings (SSSR count). The van der Waals surface area contributed by atoms with Gasteiger partial charge in [0.2, 0.25) is 0 Å². The number of hydrogen-bond acceptors (Lipinski definition) is 5. The second-order valence-corrected chi connectivity index (χ2v) is 9.76. The Bertz CT molecular complexity index is 1240. The lowest BCUT2D eigenvalue weighted by molar-refractivity contribution is -0.153. The summed E-state index contributed by atoms with van der Waals surface area (Å²) < 4.78 is 47.7. The first-order valence-corrected chi connectivity index (χ1v) is 12.4. The molecule has 0 aliphatic carbocycles. The van der Waals surface area contributed by atoms with E-state index in [1.165, 1.54) is 12.1 Å². The summed E-state index contributed by atoms with van der Waals surface area (Å²) in [7, 11) is 1.55. The molecule has 1 saturated heterocycles. The van der Waals surface area contributed by atoms with Crippen LogP contribution in [0.3, 0.4) is 0 Å². The number of piperidine rings is 1. The van der Waals surface area contributed by atoms with Crippen LogP contribution in [0.25, 0.3) is 10.9 Å². The van der Waals surface area contributed by atoms with Gasteiger partial charge >= 0.3 is 5.97 Å². The van der Waals surface area contributed by atoms with E-state index in [4.69, 9.17) is 4.74 Å². The van der Waals surface area contributed by atoms with Crippen molar-refractivity contribution in [2.45, 2.75) is 38.8 Å². The lowest BCUT2D eigenvalue weighted by Gasteiger charge is -2.39. The number of fused-ring (bicyclic) bond motifs is 1. The van der Waals surface area contributed by atoms with Crippen molar-refractivity contribution in [3.05, 3.63) is 65.4 Å². The van der Waals surface area contributed by atoms with Crippen molar-refractivity contribution in [2.24, 2.45) is 5.41 Å². The van der Waals surface area contributed by atoms with Crippen LogP contribution in [0.2, 0.25) is 0 Å². The van der Waals surface area contributed by atoms with Crippen molar-refractivity contribution in [1.82, 2.24) is 9.88 Å². The third-order valence-electron chi connectivity index (χ3n) is 7.39. The number of likely N-dealkylation sites (tertiary alicyclic amines) is 1. The number of carboxylic acid groups (broad SMARTS) is 1. The van der Waals surface area contributed by atoms with Gasteiger partial charge in [-0.05, 0) is 87.2 Å². The van der Waals surface area contributed by atoms with Crippen molar-refractivity contribution < 1.29 is 27.8 Å². The Hall–Kier alpha value is -3.33. The molecule has 2 heterocycles. The number of aryl methyl sites for hydroxylation is 1. The summed E-state index contributed by atoms with van der Waals surface area (Å²) in [6, 6.07) is 8.62. The molecule has 1 aliphatic heterocycles. The number of benzene rings is 2. The van der Waals surface area contributed by atoms with E-state index in [2.05, 4.69) is 15.2 Å². The topological polar surface area (TPSA) is 74.7 Å². The van der Waals surface area contributed by atoms with Crippen molar-refractivity contribution in [3.8, 4) is 5.75 Å². The molecule has 1 unspecified atom stereocenters. The third-order valence-corrected chi connectivity index (χ3v) is 7.39. The predicted octanol–water partition coefficient (Wildman–Crippen LogP) is 5.90. The van der Waals surface area contributed by atoms with Crippen LogP contribution in [-0.4, -0.2) is 54.2 Å². The average molecular weight is 516 g/mol. The third kappa shape index (κ3) is 6.15. The summed E-state index contributed by atoms with van der Waals surface area (Å²) in [5.74, 6) is -1.58. The number of carbonyl (C=O) groups is 1. The first kappa shape index (κ1) is 26.7. The summed E-state index contributed by atoms with van der Waals surface area (Å²) >= 11 is 0. The number of halogens is 3. The Kier molecular flexibility index (Phi) is 8.22. The van der Waals surface area contributed by atoms with Crippen LogP contribution in [0.1, 0.15) is 43.0 Å². The Balaban J connectivity index is 1.37. The van der Waals surface area contributed by atoms with Gasteiger partial charge in [-0.3, -0.25) is 9.78 Å². The van der Waals surface area contributed by atoms with Crippen LogP contribution >= 0.6 is 0 Å². The SMILES string of the molecule is COc1ccc2ncc(C)c(C(F)CCC3(C(=O)O)CCN(CCNc4cc(F)cc(F)c4)CC3)c2c1. The highest BCUT2D eigenvalue weighted by atomic mass is 19.1. The second kappa shape index (κ2) is 11.4. The average Bonchev–Trinajstić information content (AvgIpc) is 2.87. The molecule has 0 spiro atoms. The summed E-state index contributed by atoms with van der Waals surface area (Å²) in [4.78, 5) is 18.8. The van der Waals surface area contributed by atoms with Crippen LogP contribution in [0.5, 0.6) is 5.75 Å². The number of rotatable bonds is 10. The van der Waals surface area contributed by atoms with Gasteiger partial charge in [-0.1, -0.05) is 0 Å². The minimum Gasteiger partial charge on any atom is -0.497 e. The number of aliphatic carboxylic acids is 1. The van der Waals surface area contributed by atoms with Crippen molar-refractivity contribution in [1.29, 1.82) is 0 Å². The molecule has 1 aliphatic rings. The number of anilines is 1. The molecule has 0 bridgehead atoms. The number of nitrogens with zero attached hydrogens (tertiary/aromatic N) is 2. The minimum absolute atomic E-state index is 0.0934. The van der Waals surface area contributed by atoms with E-state index in [9.17, 15) is 18.7 Å². The molecule has 0 saturated carbocycles. The number of pyridine rings is 1. The van der Waals surface area contributed by atoms with Gasteiger partial charge in [0.05, 0.1) is 18.0 Å². The summed E-state index contributed by atoms with van der Waals surface area (Å²) in [6.45, 7) is 3.98. The molecule has 6 nitrogen and oxygen atoms in total. The Morgan fingerprint density at radius 3 is 2.54 bits per heavy atom. The predicted molar refractivity (Wildman–Crippen MR) is 137 cm³/mol. The molecule has 0 radical (unpaired) electrons. The van der Waals surface area contributed by atoms with Gasteiger partial charge in [-0.15, -0.1) is 0 Å². The fourth-order valence-corrected chi connectivity index (χ4v) is 5.17. The lowest BCUT2D eigenvalue weighted by atomic mass is 9.74. The van der Waals surface area contributed by atoms with E-state index in [0.29, 0.717) is 66.9 Å². The zero-order valence-corrected chi connectivity index (χ0v) is 21.1. The van der Waals surface area contributed by atoms with Crippen LogP contribution in [0.15, 0.2) is 42.6 Å². The lowest BCUT2D eigenvalue weighted by Crippen LogP contribution is -2.45. The van der Waals surface area contributed by atoms with Crippen LogP contribution < -0.4 is 10.1 Å². The number of alkyl halides is 1. The van der Waals surface area contributed by atoms with E-state index in [1.54, 1.807) is 31.5 Å². The molecule has 198 valence electrons. The van der Waals surface area contributed by atoms with E-state index in [-0.39, 0.29) is 12.8 Å². The summed E-state index contributed by atoms with van der Waals surface area (Å²) in [6.07, 6.45) is 1.46. The van der Waals surface area contributed by atoms with Gasteiger partial charge < -0.3 is 20.1 Å². The van der Waals surface area contributed by atoms with E-state index in [1.807, 2.05) is 6.92 Å². The first-order chi connectivity index (χ1) is 17.7. The van der Waals surface area contributed by atoms with Crippen LogP contribution in [0.4, 0.5) is 18.9 Å². The van der Waals surface area contributed by atoms with Gasteiger partial charge in [0.1, 0.15) is 23.6 Å². The van der Waals surface area contributed by atoms with Gasteiger partial charge in [-0.25, -0.2) is 13.2 Å². The fourth-order valence-electron chi connectivity index (χ4n) is 5.17. The van der Waals surface area contributed by atoms with Gasteiger partial charge in [0.15, 0.2) is 0 Å². The zero-order valence-electron chi connectivity index (χ0n) is 21.1. The number of aromatic nitrogens is 1. The maximum absolute atomic E-state index is 15.7. The van der Waals surface area contributed by atoms with Crippen LogP contribution in [-0.2, 0) is 4.79 Å². The van der Waals surface area contributed by atoms with E-state index in [0.717, 1.165) is 11.6 Å². The number of hydrogen-bond donors (Lipinski definition) is 2. The van der Waals surface area contributed by atoms with Gasteiger partial charge in [-0.2, -0.15) is 0 Å². The smallest absolute Gasteiger partial charge is 0.309 e. The number of ether oxygens (including phenoxy) is 1. The van der Waals surface area contributed by atoms with E-state index < -0.39 is 29.2 Å². The number of nitrogens with one attached hydrogen (secondary N) is 1. The van der Waals surface area contributed by atoms with Crippen molar-refractivity contribution in [2.75, 3.05) is 38.6 Å². The Labute approximate surface area is 214 Å². The van der Waals surface area contributed by atoms with Crippen LogP contribution in [0, 0.1) is 24.0 Å². The highest BCUT2D eigenvalue weighted by Crippen LogP contribution is 2.41. The molecule has 1 aromatic heterocycles. The highest BCUT2D eigenvalue weighted by Gasteiger charge is 2.41. The second-order valence-electron chi connectivity index (χ2n) is 9.76. The Morgan fingerprint density at radius 1 is 1.19 bits per heavy atom. The molecule has 3 aromatic rings. The number of methoxy groups -OCH3 is 1. The molecule has 2 aromatic carbocycles. The minimum atomic E-state index is -1.33. The molecule has 1 fully saturated rings. The quantitative estimate of drug-likeness (QED) is 0.350. The largest absolute Gasteiger partial charge is 0.497 e. The summed E-state index contributed by atoms with van der Waals surface area (Å²) in [5, 5.41) is 13.8. The molecule has 37 heavy (non-hydrogen) atoms. The molecular weight excluding hydrogens is 483 g/mol. The first-order valence-electron chi connectivity index (χ1n) is 12.4. The summed E-state index contributed by atoms with van der Waals surface area (Å²) in [5.41, 5.74) is 1.29. The van der Waals surface area contributed by atoms with Crippen molar-refractivity contribution >= 4 is 22.6 Å². The monoisotopic (exact) mass is 515 g/mol. The molecular formula is C28H32F3N3O3. The number of carboxylic acids is 1. The highest BCUT2D eigenvalue weighted by molar-refractivity contribution is 5.85. The van der Waals surface area contributed by atoms with E-state index >= 15 is 4.39 Å². The molecule has 1 atom stereocenters. The maximum atomic E-state index is 15.7. The molecule has 0 amide bonds.